The van der Waals surface area contributed by atoms with Crippen LogP contribution in [0.4, 0.5) is 13.2 Å². The molecule has 0 unspecified atom stereocenters. The summed E-state index contributed by atoms with van der Waals surface area (Å²) >= 11 is 0. The van der Waals surface area contributed by atoms with Crippen molar-refractivity contribution in [3.8, 4) is 0 Å². The standard InChI is InChI=1S/C10H17F3N2O/c1-3-15-6-4-8(5-7-15)14(2)9(16)10(11,12)13/h8H,3-7H2,1-2H3. The van der Waals surface area contributed by atoms with Gasteiger partial charge in [0, 0.05) is 26.2 Å². The maximum Gasteiger partial charge on any atom is 0.471 e. The lowest BCUT2D eigenvalue weighted by atomic mass is 10.0. The summed E-state index contributed by atoms with van der Waals surface area (Å²) in [6.07, 6.45) is -3.52. The van der Waals surface area contributed by atoms with Gasteiger partial charge in [0.15, 0.2) is 0 Å². The average molecular weight is 238 g/mol. The van der Waals surface area contributed by atoms with E-state index in [-0.39, 0.29) is 6.04 Å². The molecule has 0 atom stereocenters. The Kier molecular flexibility index (Phi) is 4.18. The molecule has 1 saturated heterocycles. The molecule has 1 aliphatic rings. The van der Waals surface area contributed by atoms with Crippen molar-refractivity contribution < 1.29 is 18.0 Å². The molecule has 1 aliphatic heterocycles. The molecule has 0 radical (unpaired) electrons. The Bertz CT molecular complexity index is 247. The Balaban J connectivity index is 2.50. The summed E-state index contributed by atoms with van der Waals surface area (Å²) < 4.78 is 36.6. The fourth-order valence-electron chi connectivity index (χ4n) is 1.99. The normalized spacial score (nSPS) is 19.8. The molecule has 0 bridgehead atoms. The van der Waals surface area contributed by atoms with E-state index in [1.54, 1.807) is 0 Å². The molecule has 6 heteroatoms. The van der Waals surface area contributed by atoms with Gasteiger partial charge in [-0.25, -0.2) is 0 Å². The number of carbonyl (C=O) groups is 1. The molecule has 0 aromatic rings. The Morgan fingerprint density at radius 3 is 2.25 bits per heavy atom. The number of alkyl halides is 3. The predicted molar refractivity (Wildman–Crippen MR) is 54.0 cm³/mol. The maximum atomic E-state index is 12.2. The van der Waals surface area contributed by atoms with E-state index in [9.17, 15) is 18.0 Å². The van der Waals surface area contributed by atoms with Gasteiger partial charge in [-0.15, -0.1) is 0 Å². The monoisotopic (exact) mass is 238 g/mol. The van der Waals surface area contributed by atoms with Gasteiger partial charge in [0.25, 0.3) is 0 Å². The van der Waals surface area contributed by atoms with E-state index < -0.39 is 12.1 Å². The zero-order chi connectivity index (χ0) is 12.3. The smallest absolute Gasteiger partial charge is 0.335 e. The average Bonchev–Trinajstić information content (AvgIpc) is 2.26. The molecule has 0 saturated carbocycles. The van der Waals surface area contributed by atoms with E-state index in [0.29, 0.717) is 12.8 Å². The molecular formula is C10H17F3N2O. The first-order valence-corrected chi connectivity index (χ1v) is 5.42. The number of halogens is 3. The molecule has 94 valence electrons. The highest BCUT2D eigenvalue weighted by molar-refractivity contribution is 5.81. The molecule has 0 aromatic carbocycles. The lowest BCUT2D eigenvalue weighted by Crippen LogP contribution is -2.49. The van der Waals surface area contributed by atoms with Crippen LogP contribution in [0, 0.1) is 0 Å². The first-order valence-electron chi connectivity index (χ1n) is 5.42. The van der Waals surface area contributed by atoms with Crippen molar-refractivity contribution >= 4 is 5.91 Å². The van der Waals surface area contributed by atoms with E-state index in [2.05, 4.69) is 4.90 Å². The molecule has 1 fully saturated rings. The zero-order valence-electron chi connectivity index (χ0n) is 9.55. The van der Waals surface area contributed by atoms with Crippen molar-refractivity contribution in [3.63, 3.8) is 0 Å². The number of piperidine rings is 1. The minimum Gasteiger partial charge on any atom is -0.335 e. The molecule has 0 N–H and O–H groups in total. The van der Waals surface area contributed by atoms with Crippen molar-refractivity contribution in [2.45, 2.75) is 32.0 Å². The second-order valence-corrected chi connectivity index (χ2v) is 4.08. The van der Waals surface area contributed by atoms with Gasteiger partial charge >= 0.3 is 12.1 Å². The number of amides is 1. The molecule has 0 spiro atoms. The van der Waals surface area contributed by atoms with E-state index in [1.165, 1.54) is 7.05 Å². The van der Waals surface area contributed by atoms with Crippen LogP contribution in [0.15, 0.2) is 0 Å². The van der Waals surface area contributed by atoms with Crippen LogP contribution in [0.1, 0.15) is 19.8 Å². The number of hydrogen-bond donors (Lipinski definition) is 0. The highest BCUT2D eigenvalue weighted by Gasteiger charge is 2.43. The van der Waals surface area contributed by atoms with Crippen molar-refractivity contribution in [2.75, 3.05) is 26.7 Å². The summed E-state index contributed by atoms with van der Waals surface area (Å²) in [5.74, 6) is -1.73. The maximum absolute atomic E-state index is 12.2. The quantitative estimate of drug-likeness (QED) is 0.727. The summed E-state index contributed by atoms with van der Waals surface area (Å²) in [4.78, 5) is 14.0. The second-order valence-electron chi connectivity index (χ2n) is 4.08. The molecule has 1 amide bonds. The van der Waals surface area contributed by atoms with E-state index in [0.717, 1.165) is 24.5 Å². The van der Waals surface area contributed by atoms with Crippen LogP contribution in [0.5, 0.6) is 0 Å². The van der Waals surface area contributed by atoms with Gasteiger partial charge in [-0.3, -0.25) is 4.79 Å². The van der Waals surface area contributed by atoms with Gasteiger partial charge in [0.05, 0.1) is 0 Å². The van der Waals surface area contributed by atoms with Crippen LogP contribution in [0.3, 0.4) is 0 Å². The Morgan fingerprint density at radius 1 is 1.38 bits per heavy atom. The van der Waals surface area contributed by atoms with E-state index in [1.807, 2.05) is 6.92 Å². The Labute approximate surface area is 93.2 Å². The third kappa shape index (κ3) is 3.10. The second kappa shape index (κ2) is 5.03. The molecular weight excluding hydrogens is 221 g/mol. The number of rotatable bonds is 2. The number of likely N-dealkylation sites (tertiary alicyclic amines) is 1. The van der Waals surface area contributed by atoms with E-state index in [4.69, 9.17) is 0 Å². The lowest BCUT2D eigenvalue weighted by molar-refractivity contribution is -0.186. The van der Waals surface area contributed by atoms with Gasteiger partial charge in [0.2, 0.25) is 0 Å². The Morgan fingerprint density at radius 2 is 1.88 bits per heavy atom. The molecule has 3 nitrogen and oxygen atoms in total. The van der Waals surface area contributed by atoms with Crippen LogP contribution in [-0.4, -0.2) is 54.6 Å². The van der Waals surface area contributed by atoms with Gasteiger partial charge in [-0.1, -0.05) is 6.92 Å². The van der Waals surface area contributed by atoms with Gasteiger partial charge in [-0.2, -0.15) is 13.2 Å². The summed E-state index contributed by atoms with van der Waals surface area (Å²) in [7, 11) is 1.24. The van der Waals surface area contributed by atoms with Crippen molar-refractivity contribution in [2.24, 2.45) is 0 Å². The van der Waals surface area contributed by atoms with Gasteiger partial charge in [-0.05, 0) is 19.4 Å². The minimum absolute atomic E-state index is 0.281. The first kappa shape index (κ1) is 13.3. The zero-order valence-corrected chi connectivity index (χ0v) is 9.55. The SMILES string of the molecule is CCN1CCC(N(C)C(=O)C(F)(F)F)CC1. The number of carbonyl (C=O) groups excluding carboxylic acids is 1. The molecule has 16 heavy (non-hydrogen) atoms. The van der Waals surface area contributed by atoms with E-state index >= 15 is 0 Å². The summed E-state index contributed by atoms with van der Waals surface area (Å²) in [6, 6.07) is -0.281. The fourth-order valence-corrected chi connectivity index (χ4v) is 1.99. The van der Waals surface area contributed by atoms with Crippen LogP contribution in [0.2, 0.25) is 0 Å². The minimum atomic E-state index is -4.75. The van der Waals surface area contributed by atoms with Gasteiger partial charge in [0.1, 0.15) is 0 Å². The van der Waals surface area contributed by atoms with Crippen LogP contribution in [0.25, 0.3) is 0 Å². The molecule has 0 aliphatic carbocycles. The predicted octanol–water partition coefficient (Wildman–Crippen LogP) is 1.49. The van der Waals surface area contributed by atoms with Crippen molar-refractivity contribution in [1.82, 2.24) is 9.80 Å². The number of nitrogens with zero attached hydrogens (tertiary/aromatic N) is 2. The number of hydrogen-bond acceptors (Lipinski definition) is 2. The van der Waals surface area contributed by atoms with Crippen molar-refractivity contribution in [3.05, 3.63) is 0 Å². The summed E-state index contributed by atoms with van der Waals surface area (Å²) in [5.41, 5.74) is 0. The molecule has 0 aromatic heterocycles. The topological polar surface area (TPSA) is 23.6 Å². The van der Waals surface area contributed by atoms with Crippen molar-refractivity contribution in [1.29, 1.82) is 0 Å². The summed E-state index contributed by atoms with van der Waals surface area (Å²) in [6.45, 7) is 4.45. The van der Waals surface area contributed by atoms with Crippen LogP contribution < -0.4 is 0 Å². The molecule has 1 heterocycles. The third-order valence-corrected chi connectivity index (χ3v) is 3.11. The third-order valence-electron chi connectivity index (χ3n) is 3.11. The molecule has 1 rings (SSSR count). The van der Waals surface area contributed by atoms with Crippen LogP contribution >= 0.6 is 0 Å². The highest BCUT2D eigenvalue weighted by atomic mass is 19.4. The highest BCUT2D eigenvalue weighted by Crippen LogP contribution is 2.22. The largest absolute Gasteiger partial charge is 0.471 e. The van der Waals surface area contributed by atoms with Crippen LogP contribution in [-0.2, 0) is 4.79 Å². The summed E-state index contributed by atoms with van der Waals surface area (Å²) in [5, 5.41) is 0. The van der Waals surface area contributed by atoms with Gasteiger partial charge < -0.3 is 9.80 Å². The first-order chi connectivity index (χ1) is 7.36. The fraction of sp³-hybridized carbons (Fsp3) is 0.900. The Hall–Kier alpha value is -0.780. The lowest BCUT2D eigenvalue weighted by Gasteiger charge is -2.36.